The number of aromatic nitrogens is 4. The zero-order valence-corrected chi connectivity index (χ0v) is 17.1. The normalized spacial score (nSPS) is 12.2. The molecule has 1 atom stereocenters. The number of carbonyl (C=O) groups is 1. The van der Waals surface area contributed by atoms with E-state index in [-0.39, 0.29) is 18.6 Å². The van der Waals surface area contributed by atoms with E-state index in [4.69, 9.17) is 0 Å². The number of amides is 1. The molecule has 0 aliphatic carbocycles. The van der Waals surface area contributed by atoms with Crippen LogP contribution < -0.4 is 5.32 Å². The molecule has 2 N–H and O–H groups in total. The molecule has 3 rings (SSSR count). The van der Waals surface area contributed by atoms with Gasteiger partial charge in [0.15, 0.2) is 5.82 Å². The Hall–Kier alpha value is -3.10. The third kappa shape index (κ3) is 5.04. The fraction of sp³-hybridized carbons (Fsp3) is 0.333. The molecule has 1 heterocycles. The number of tetrazole rings is 1. The van der Waals surface area contributed by atoms with Gasteiger partial charge in [-0.25, -0.2) is 0 Å². The van der Waals surface area contributed by atoms with Crippen LogP contribution in [-0.2, 0) is 6.54 Å². The van der Waals surface area contributed by atoms with Crippen LogP contribution in [0.4, 0.5) is 0 Å². The van der Waals surface area contributed by atoms with Gasteiger partial charge >= 0.3 is 0 Å². The fourth-order valence-electron chi connectivity index (χ4n) is 2.92. The number of aryl methyl sites for hydroxylation is 1. The number of nitrogens with one attached hydrogen (secondary N) is 1. The molecule has 8 heteroatoms. The number of carbonyl (C=O) groups excluding carboxylic acids is 1. The highest BCUT2D eigenvalue weighted by Gasteiger charge is 2.16. The van der Waals surface area contributed by atoms with E-state index >= 15 is 0 Å². The highest BCUT2D eigenvalue weighted by atomic mass is 16.3. The minimum absolute atomic E-state index is 0.129. The molecule has 8 nitrogen and oxygen atoms in total. The largest absolute Gasteiger partial charge is 0.394 e. The first-order valence-electron chi connectivity index (χ1n) is 9.43. The molecule has 2 aromatic carbocycles. The molecule has 29 heavy (non-hydrogen) atoms. The van der Waals surface area contributed by atoms with Gasteiger partial charge < -0.3 is 15.3 Å². The van der Waals surface area contributed by atoms with Gasteiger partial charge in [0.1, 0.15) is 0 Å². The predicted octanol–water partition coefficient (Wildman–Crippen LogP) is 1.81. The lowest BCUT2D eigenvalue weighted by atomic mass is 10.0. The van der Waals surface area contributed by atoms with Gasteiger partial charge in [-0.3, -0.25) is 4.79 Å². The number of rotatable bonds is 7. The topological polar surface area (TPSA) is 96.2 Å². The van der Waals surface area contributed by atoms with Crippen molar-refractivity contribution in [3.63, 3.8) is 0 Å². The summed E-state index contributed by atoms with van der Waals surface area (Å²) in [5, 5.41) is 24.1. The number of hydrogen-bond acceptors (Lipinski definition) is 6. The van der Waals surface area contributed by atoms with Crippen LogP contribution in [0.3, 0.4) is 0 Å². The van der Waals surface area contributed by atoms with Crippen molar-refractivity contribution in [3.8, 4) is 16.8 Å². The van der Waals surface area contributed by atoms with E-state index in [2.05, 4.69) is 20.8 Å². The maximum absolute atomic E-state index is 12.7. The summed E-state index contributed by atoms with van der Waals surface area (Å²) < 4.78 is 1.64. The average molecular weight is 394 g/mol. The Morgan fingerprint density at radius 3 is 2.55 bits per heavy atom. The lowest BCUT2D eigenvalue weighted by Crippen LogP contribution is -2.35. The van der Waals surface area contributed by atoms with Gasteiger partial charge in [0.2, 0.25) is 0 Å². The number of benzene rings is 2. The summed E-state index contributed by atoms with van der Waals surface area (Å²) in [5.74, 6) is 0.412. The Labute approximate surface area is 170 Å². The molecule has 0 aliphatic rings. The molecule has 0 bridgehead atoms. The summed E-state index contributed by atoms with van der Waals surface area (Å²) in [6.07, 6.45) is 0. The maximum Gasteiger partial charge on any atom is 0.251 e. The summed E-state index contributed by atoms with van der Waals surface area (Å²) in [6.45, 7) is 4.21. The molecule has 1 amide bonds. The van der Waals surface area contributed by atoms with Gasteiger partial charge in [-0.15, -0.1) is 5.10 Å². The summed E-state index contributed by atoms with van der Waals surface area (Å²) in [7, 11) is 3.88. The van der Waals surface area contributed by atoms with E-state index < -0.39 is 0 Å². The Kier molecular flexibility index (Phi) is 6.36. The Balaban J connectivity index is 2.09. The van der Waals surface area contributed by atoms with Gasteiger partial charge in [-0.1, -0.05) is 29.8 Å². The highest BCUT2D eigenvalue weighted by Crippen LogP contribution is 2.25. The maximum atomic E-state index is 12.7. The zero-order chi connectivity index (χ0) is 21.0. The van der Waals surface area contributed by atoms with E-state index in [1.807, 2.05) is 62.3 Å². The molecular weight excluding hydrogens is 368 g/mol. The smallest absolute Gasteiger partial charge is 0.251 e. The molecule has 152 valence electrons. The lowest BCUT2D eigenvalue weighted by Gasteiger charge is -2.15. The second-order valence-corrected chi connectivity index (χ2v) is 7.44. The van der Waals surface area contributed by atoms with Gasteiger partial charge in [-0.05, 0) is 67.7 Å². The van der Waals surface area contributed by atoms with Crippen LogP contribution in [0, 0.1) is 6.92 Å². The molecule has 0 spiro atoms. The molecule has 0 saturated carbocycles. The van der Waals surface area contributed by atoms with Gasteiger partial charge in [0.05, 0.1) is 18.8 Å². The molecule has 0 aliphatic heterocycles. The van der Waals surface area contributed by atoms with Crippen molar-refractivity contribution in [1.82, 2.24) is 30.4 Å². The van der Waals surface area contributed by atoms with Crippen LogP contribution in [-0.4, -0.2) is 62.9 Å². The van der Waals surface area contributed by atoms with Crippen molar-refractivity contribution in [1.29, 1.82) is 0 Å². The first-order valence-corrected chi connectivity index (χ1v) is 9.43. The van der Waals surface area contributed by atoms with Crippen LogP contribution in [0.1, 0.15) is 28.7 Å². The Morgan fingerprint density at radius 1 is 1.17 bits per heavy atom. The van der Waals surface area contributed by atoms with E-state index in [0.29, 0.717) is 23.6 Å². The first-order chi connectivity index (χ1) is 13.9. The molecule has 0 saturated heterocycles. The van der Waals surface area contributed by atoms with Crippen molar-refractivity contribution in [3.05, 3.63) is 59.4 Å². The summed E-state index contributed by atoms with van der Waals surface area (Å²) in [4.78, 5) is 14.7. The molecule has 0 unspecified atom stereocenters. The monoisotopic (exact) mass is 394 g/mol. The van der Waals surface area contributed by atoms with Gasteiger partial charge in [0, 0.05) is 11.6 Å². The van der Waals surface area contributed by atoms with Crippen LogP contribution in [0.5, 0.6) is 0 Å². The lowest BCUT2D eigenvalue weighted by molar-refractivity contribution is 0.0922. The van der Waals surface area contributed by atoms with Gasteiger partial charge in [0.25, 0.3) is 5.91 Å². The molecular formula is C21H26N6O2. The Bertz CT molecular complexity index is 981. The standard InChI is InChI=1S/C21H26N6O2/c1-14-5-7-16(8-6-14)17-9-18(21(29)22-15(2)13-28)11-19(10-17)27-20(12-26(3)4)23-24-25-27/h5-11,15,28H,12-13H2,1-4H3,(H,22,29)/t15-/m0/s1. The summed E-state index contributed by atoms with van der Waals surface area (Å²) >= 11 is 0. The predicted molar refractivity (Wildman–Crippen MR) is 111 cm³/mol. The summed E-state index contributed by atoms with van der Waals surface area (Å²) in [5.41, 5.74) is 4.21. The van der Waals surface area contributed by atoms with E-state index in [1.165, 1.54) is 0 Å². The summed E-state index contributed by atoms with van der Waals surface area (Å²) in [6, 6.07) is 13.3. The Morgan fingerprint density at radius 2 is 1.90 bits per heavy atom. The molecule has 0 fully saturated rings. The molecule has 0 radical (unpaired) electrons. The number of aliphatic hydroxyl groups is 1. The van der Waals surface area contributed by atoms with Crippen molar-refractivity contribution < 1.29 is 9.90 Å². The second-order valence-electron chi connectivity index (χ2n) is 7.44. The average Bonchev–Trinajstić information content (AvgIpc) is 3.15. The zero-order valence-electron chi connectivity index (χ0n) is 17.1. The minimum atomic E-state index is -0.341. The van der Waals surface area contributed by atoms with Crippen molar-refractivity contribution in [2.75, 3.05) is 20.7 Å². The number of nitrogens with zero attached hydrogens (tertiary/aromatic N) is 5. The van der Waals surface area contributed by atoms with E-state index in [1.54, 1.807) is 17.7 Å². The fourth-order valence-corrected chi connectivity index (χ4v) is 2.92. The van der Waals surface area contributed by atoms with E-state index in [0.717, 1.165) is 16.7 Å². The SMILES string of the molecule is Cc1ccc(-c2cc(C(=O)N[C@@H](C)CO)cc(-n3nnnc3CN(C)C)c2)cc1. The van der Waals surface area contributed by atoms with Crippen molar-refractivity contribution >= 4 is 5.91 Å². The third-order valence-corrected chi connectivity index (χ3v) is 4.45. The van der Waals surface area contributed by atoms with Crippen LogP contribution in [0.15, 0.2) is 42.5 Å². The molecule has 3 aromatic rings. The number of aliphatic hydroxyl groups excluding tert-OH is 1. The van der Waals surface area contributed by atoms with Crippen LogP contribution in [0.2, 0.25) is 0 Å². The van der Waals surface area contributed by atoms with Crippen LogP contribution >= 0.6 is 0 Å². The third-order valence-electron chi connectivity index (χ3n) is 4.45. The highest BCUT2D eigenvalue weighted by molar-refractivity contribution is 5.96. The van der Waals surface area contributed by atoms with E-state index in [9.17, 15) is 9.90 Å². The first kappa shape index (κ1) is 20.6. The number of hydrogen-bond donors (Lipinski definition) is 2. The second kappa shape index (κ2) is 8.93. The molecule has 1 aromatic heterocycles. The van der Waals surface area contributed by atoms with Gasteiger partial charge in [-0.2, -0.15) is 4.68 Å². The van der Waals surface area contributed by atoms with Crippen molar-refractivity contribution in [2.24, 2.45) is 0 Å². The minimum Gasteiger partial charge on any atom is -0.394 e. The van der Waals surface area contributed by atoms with Crippen LogP contribution in [0.25, 0.3) is 16.8 Å². The quantitative estimate of drug-likeness (QED) is 0.635. The van der Waals surface area contributed by atoms with Crippen molar-refractivity contribution in [2.45, 2.75) is 26.4 Å².